The van der Waals surface area contributed by atoms with Gasteiger partial charge in [0.25, 0.3) is 0 Å². The van der Waals surface area contributed by atoms with Gasteiger partial charge in [-0.15, -0.1) is 0 Å². The van der Waals surface area contributed by atoms with Crippen LogP contribution in [-0.2, 0) is 9.78 Å². The van der Waals surface area contributed by atoms with E-state index in [0.717, 1.165) is 13.2 Å². The molecule has 2 nitrogen and oxygen atoms in total. The van der Waals surface area contributed by atoms with E-state index in [2.05, 4.69) is 27.7 Å². The first-order valence-electron chi connectivity index (χ1n) is 6.95. The van der Waals surface area contributed by atoms with Crippen molar-refractivity contribution in [2.24, 2.45) is 11.8 Å². The molecule has 98 valence electrons. The molecule has 0 fully saturated rings. The molecule has 2 atom stereocenters. The van der Waals surface area contributed by atoms with Crippen molar-refractivity contribution in [2.45, 2.75) is 66.2 Å². The maximum Gasteiger partial charge on any atom is 0.0847 e. The van der Waals surface area contributed by atoms with Crippen LogP contribution < -0.4 is 0 Å². The predicted octanol–water partition coefficient (Wildman–Crippen LogP) is 4.59. The highest BCUT2D eigenvalue weighted by Gasteiger charge is 2.04. The number of hydrogen-bond acceptors (Lipinski definition) is 2. The Morgan fingerprint density at radius 2 is 1.12 bits per heavy atom. The van der Waals surface area contributed by atoms with Crippen molar-refractivity contribution in [1.82, 2.24) is 0 Å². The molecule has 0 saturated carbocycles. The minimum Gasteiger partial charge on any atom is -0.236 e. The maximum absolute atomic E-state index is 5.24. The van der Waals surface area contributed by atoms with Gasteiger partial charge in [0.2, 0.25) is 0 Å². The molecule has 2 heteroatoms. The van der Waals surface area contributed by atoms with Gasteiger partial charge < -0.3 is 0 Å². The standard InChI is InChI=1S/C14H30O2/c1-5-7-9-13(3)11-15-16-12-14(4)10-8-6-2/h13-14H,5-12H2,1-4H3. The topological polar surface area (TPSA) is 18.5 Å². The van der Waals surface area contributed by atoms with Crippen LogP contribution in [0.4, 0.5) is 0 Å². The summed E-state index contributed by atoms with van der Waals surface area (Å²) < 4.78 is 0. The van der Waals surface area contributed by atoms with Crippen LogP contribution in [0.2, 0.25) is 0 Å². The van der Waals surface area contributed by atoms with Crippen molar-refractivity contribution in [1.29, 1.82) is 0 Å². The first-order chi connectivity index (χ1) is 7.70. The minimum atomic E-state index is 0.617. The van der Waals surface area contributed by atoms with E-state index in [0.29, 0.717) is 11.8 Å². The Hall–Kier alpha value is -0.0800. The molecule has 0 heterocycles. The van der Waals surface area contributed by atoms with Gasteiger partial charge in [0.15, 0.2) is 0 Å². The second kappa shape index (κ2) is 11.4. The highest BCUT2D eigenvalue weighted by atomic mass is 17.2. The second-order valence-electron chi connectivity index (χ2n) is 5.06. The summed E-state index contributed by atoms with van der Waals surface area (Å²) in [5, 5.41) is 0. The summed E-state index contributed by atoms with van der Waals surface area (Å²) in [6.45, 7) is 10.4. The molecule has 0 radical (unpaired) electrons. The van der Waals surface area contributed by atoms with E-state index in [1.165, 1.54) is 38.5 Å². The van der Waals surface area contributed by atoms with Gasteiger partial charge in [-0.2, -0.15) is 0 Å². The Morgan fingerprint density at radius 3 is 1.44 bits per heavy atom. The summed E-state index contributed by atoms with van der Waals surface area (Å²) in [4.78, 5) is 10.5. The zero-order valence-electron chi connectivity index (χ0n) is 11.6. The summed E-state index contributed by atoms with van der Waals surface area (Å²) in [7, 11) is 0. The van der Waals surface area contributed by atoms with E-state index >= 15 is 0 Å². The molecule has 0 amide bonds. The first kappa shape index (κ1) is 15.9. The van der Waals surface area contributed by atoms with Crippen LogP contribution >= 0.6 is 0 Å². The lowest BCUT2D eigenvalue weighted by Gasteiger charge is -2.13. The summed E-state index contributed by atoms with van der Waals surface area (Å²) in [5.74, 6) is 1.23. The van der Waals surface area contributed by atoms with Gasteiger partial charge in [0, 0.05) is 0 Å². The normalized spacial score (nSPS) is 15.0. The van der Waals surface area contributed by atoms with E-state index in [4.69, 9.17) is 9.78 Å². The Bertz CT molecular complexity index is 121. The van der Waals surface area contributed by atoms with Crippen LogP contribution in [0.5, 0.6) is 0 Å². The van der Waals surface area contributed by atoms with Crippen molar-refractivity contribution >= 4 is 0 Å². The third-order valence-corrected chi connectivity index (χ3v) is 2.89. The van der Waals surface area contributed by atoms with E-state index in [-0.39, 0.29) is 0 Å². The van der Waals surface area contributed by atoms with Crippen molar-refractivity contribution in [3.05, 3.63) is 0 Å². The lowest BCUT2D eigenvalue weighted by Crippen LogP contribution is -2.11. The molecule has 0 aromatic rings. The molecule has 0 N–H and O–H groups in total. The SMILES string of the molecule is CCCCC(C)COOCC(C)CCCC. The van der Waals surface area contributed by atoms with Crippen LogP contribution in [0.25, 0.3) is 0 Å². The molecule has 0 aliphatic carbocycles. The zero-order chi connectivity index (χ0) is 12.2. The van der Waals surface area contributed by atoms with Crippen molar-refractivity contribution in [2.75, 3.05) is 13.2 Å². The largest absolute Gasteiger partial charge is 0.236 e. The van der Waals surface area contributed by atoms with Gasteiger partial charge >= 0.3 is 0 Å². The minimum absolute atomic E-state index is 0.617. The monoisotopic (exact) mass is 230 g/mol. The van der Waals surface area contributed by atoms with Gasteiger partial charge in [0.05, 0.1) is 13.2 Å². The summed E-state index contributed by atoms with van der Waals surface area (Å²) >= 11 is 0. The van der Waals surface area contributed by atoms with Crippen LogP contribution in [0.15, 0.2) is 0 Å². The summed E-state index contributed by atoms with van der Waals surface area (Å²) in [6.07, 6.45) is 7.59. The van der Waals surface area contributed by atoms with Crippen LogP contribution in [-0.4, -0.2) is 13.2 Å². The van der Waals surface area contributed by atoms with Gasteiger partial charge in [-0.1, -0.05) is 53.4 Å². The third kappa shape index (κ3) is 10.4. The molecule has 2 unspecified atom stereocenters. The Morgan fingerprint density at radius 1 is 0.750 bits per heavy atom. The lowest BCUT2D eigenvalue weighted by atomic mass is 10.1. The molecule has 0 aromatic heterocycles. The highest BCUT2D eigenvalue weighted by Crippen LogP contribution is 2.10. The van der Waals surface area contributed by atoms with E-state index in [9.17, 15) is 0 Å². The van der Waals surface area contributed by atoms with Gasteiger partial charge in [-0.25, -0.2) is 9.78 Å². The van der Waals surface area contributed by atoms with Crippen molar-refractivity contribution in [3.63, 3.8) is 0 Å². The molecule has 0 rings (SSSR count). The molecule has 0 spiro atoms. The van der Waals surface area contributed by atoms with Gasteiger partial charge in [-0.3, -0.25) is 0 Å². The van der Waals surface area contributed by atoms with Crippen molar-refractivity contribution < 1.29 is 9.78 Å². The summed E-state index contributed by atoms with van der Waals surface area (Å²) in [6, 6.07) is 0. The highest BCUT2D eigenvalue weighted by molar-refractivity contribution is 4.51. The fourth-order valence-electron chi connectivity index (χ4n) is 1.60. The molecule has 0 aromatic carbocycles. The average molecular weight is 230 g/mol. The Labute approximate surface area is 102 Å². The van der Waals surface area contributed by atoms with E-state index in [1.807, 2.05) is 0 Å². The first-order valence-corrected chi connectivity index (χ1v) is 6.95. The fraction of sp³-hybridized carbons (Fsp3) is 1.00. The zero-order valence-corrected chi connectivity index (χ0v) is 11.6. The molecule has 16 heavy (non-hydrogen) atoms. The molecular formula is C14H30O2. The number of hydrogen-bond donors (Lipinski definition) is 0. The smallest absolute Gasteiger partial charge is 0.0847 e. The van der Waals surface area contributed by atoms with Gasteiger partial charge in [0.1, 0.15) is 0 Å². The average Bonchev–Trinajstić information content (AvgIpc) is 2.29. The Balaban J connectivity index is 3.24. The number of rotatable bonds is 11. The quantitative estimate of drug-likeness (QED) is 0.294. The third-order valence-electron chi connectivity index (χ3n) is 2.89. The molecular weight excluding hydrogens is 200 g/mol. The second-order valence-corrected chi connectivity index (χ2v) is 5.06. The molecule has 0 aliphatic rings. The fourth-order valence-corrected chi connectivity index (χ4v) is 1.60. The summed E-state index contributed by atoms with van der Waals surface area (Å²) in [5.41, 5.74) is 0. The van der Waals surface area contributed by atoms with Crippen LogP contribution in [0.3, 0.4) is 0 Å². The predicted molar refractivity (Wildman–Crippen MR) is 69.3 cm³/mol. The van der Waals surface area contributed by atoms with Crippen LogP contribution in [0, 0.1) is 11.8 Å². The Kier molecular flexibility index (Phi) is 11.3. The van der Waals surface area contributed by atoms with Gasteiger partial charge in [-0.05, 0) is 24.7 Å². The lowest BCUT2D eigenvalue weighted by molar-refractivity contribution is -0.306. The molecule has 0 saturated heterocycles. The molecule has 0 bridgehead atoms. The van der Waals surface area contributed by atoms with E-state index < -0.39 is 0 Å². The number of unbranched alkanes of at least 4 members (excludes halogenated alkanes) is 2. The van der Waals surface area contributed by atoms with Crippen molar-refractivity contribution in [3.8, 4) is 0 Å². The van der Waals surface area contributed by atoms with E-state index in [1.54, 1.807) is 0 Å². The maximum atomic E-state index is 5.24. The van der Waals surface area contributed by atoms with Crippen LogP contribution in [0.1, 0.15) is 66.2 Å². The molecule has 0 aliphatic heterocycles.